The lowest BCUT2D eigenvalue weighted by Gasteiger charge is -2.33. The quantitative estimate of drug-likeness (QED) is 0.158. The number of ketones is 2. The van der Waals surface area contributed by atoms with E-state index in [4.69, 9.17) is 18.9 Å². The number of fused-ring (bicyclic) bond motifs is 2. The van der Waals surface area contributed by atoms with E-state index in [9.17, 15) is 9.59 Å². The standard InChI is InChI=1S/C42H38N4O10/c1-23-35(25-11-7-5-8-12-25)45(41(51)43(23)3)39(49)33(37(47)27-15-17-29-31(19-27)55-21-53-29)34(38(48)28-16-18-30-32(20-28)56-22-54-30)40(50)46-36(24(2)44(4)42(46)52)26-13-9-6-10-14-26/h5-20,23-24,33-36H,21-22H2,1-4H3/t23-,24-,33-,34-,35-,36-/m1/s1. The molecule has 0 N–H and O–H groups in total. The molecule has 4 aromatic rings. The summed E-state index contributed by atoms with van der Waals surface area (Å²) < 4.78 is 22.0. The second kappa shape index (κ2) is 14.2. The second-order valence-corrected chi connectivity index (χ2v) is 14.2. The number of benzene rings is 4. The number of imide groups is 2. The van der Waals surface area contributed by atoms with Crippen molar-refractivity contribution < 1.29 is 47.7 Å². The SMILES string of the molecule is C[C@@H]1[C@H](c2ccccc2)N(C(=O)[C@@H](C(=O)c2ccc3c(c2)OCO3)[C@H](C(=O)c2ccc3c(c2)OCO3)C(=O)N2C(=O)N(C)[C@H](C)[C@@H]2c2ccccc2)C(=O)N1C. The summed E-state index contributed by atoms with van der Waals surface area (Å²) in [6.07, 6.45) is 0. The zero-order valence-corrected chi connectivity index (χ0v) is 31.0. The van der Waals surface area contributed by atoms with Gasteiger partial charge in [-0.1, -0.05) is 60.7 Å². The first-order chi connectivity index (χ1) is 27.0. The molecular formula is C42H38N4O10. The van der Waals surface area contributed by atoms with Crippen molar-refractivity contribution in [2.24, 2.45) is 11.8 Å². The predicted octanol–water partition coefficient (Wildman–Crippen LogP) is 5.49. The molecule has 0 radical (unpaired) electrons. The van der Waals surface area contributed by atoms with E-state index in [1.54, 1.807) is 74.5 Å². The van der Waals surface area contributed by atoms with Gasteiger partial charge in [-0.3, -0.25) is 29.0 Å². The number of nitrogens with zero attached hydrogens (tertiary/aromatic N) is 4. The maximum Gasteiger partial charge on any atom is 0.327 e. The molecule has 4 aliphatic heterocycles. The van der Waals surface area contributed by atoms with Crippen molar-refractivity contribution in [3.8, 4) is 23.0 Å². The molecule has 4 heterocycles. The lowest BCUT2D eigenvalue weighted by Crippen LogP contribution is -2.53. The van der Waals surface area contributed by atoms with Gasteiger partial charge in [0.1, 0.15) is 11.8 Å². The summed E-state index contributed by atoms with van der Waals surface area (Å²) in [6, 6.07) is 21.8. The highest BCUT2D eigenvalue weighted by Gasteiger charge is 2.57. The Bertz CT molecular complexity index is 2110. The summed E-state index contributed by atoms with van der Waals surface area (Å²) in [7, 11) is 3.08. The predicted molar refractivity (Wildman–Crippen MR) is 198 cm³/mol. The molecule has 6 amide bonds. The molecule has 0 saturated carbocycles. The van der Waals surface area contributed by atoms with Crippen molar-refractivity contribution in [2.75, 3.05) is 27.7 Å². The van der Waals surface area contributed by atoms with Gasteiger partial charge in [0.15, 0.2) is 34.6 Å². The second-order valence-electron chi connectivity index (χ2n) is 14.2. The molecule has 0 aliphatic carbocycles. The minimum absolute atomic E-state index is 0.0777. The van der Waals surface area contributed by atoms with E-state index in [0.717, 1.165) is 9.80 Å². The molecular weight excluding hydrogens is 720 g/mol. The first-order valence-electron chi connectivity index (χ1n) is 18.1. The molecule has 14 heteroatoms. The highest BCUT2D eigenvalue weighted by Crippen LogP contribution is 2.43. The average Bonchev–Trinajstić information content (AvgIpc) is 3.99. The summed E-state index contributed by atoms with van der Waals surface area (Å²) >= 11 is 0. The van der Waals surface area contributed by atoms with Gasteiger partial charge in [0.25, 0.3) is 0 Å². The summed E-state index contributed by atoms with van der Waals surface area (Å²) in [5.41, 5.74) is 1.04. The molecule has 56 heavy (non-hydrogen) atoms. The molecule has 4 aromatic carbocycles. The third kappa shape index (κ3) is 5.88. The van der Waals surface area contributed by atoms with E-state index in [-0.39, 0.29) is 36.2 Å². The molecule has 286 valence electrons. The zero-order chi connectivity index (χ0) is 39.4. The van der Waals surface area contributed by atoms with Gasteiger partial charge in [0.2, 0.25) is 25.4 Å². The van der Waals surface area contributed by atoms with Crippen LogP contribution in [0.2, 0.25) is 0 Å². The Morgan fingerprint density at radius 3 is 1.27 bits per heavy atom. The highest BCUT2D eigenvalue weighted by molar-refractivity contribution is 6.23. The molecule has 2 fully saturated rings. The van der Waals surface area contributed by atoms with E-state index in [2.05, 4.69) is 0 Å². The van der Waals surface area contributed by atoms with Gasteiger partial charge in [-0.2, -0.15) is 0 Å². The van der Waals surface area contributed by atoms with E-state index >= 15 is 19.2 Å². The Morgan fingerprint density at radius 2 is 0.893 bits per heavy atom. The summed E-state index contributed by atoms with van der Waals surface area (Å²) in [4.78, 5) is 94.3. The number of rotatable bonds is 9. The van der Waals surface area contributed by atoms with Crippen LogP contribution in [-0.4, -0.2) is 94.8 Å². The van der Waals surface area contributed by atoms with Crippen molar-refractivity contribution >= 4 is 35.4 Å². The number of urea groups is 2. The normalized spacial score (nSPS) is 22.1. The van der Waals surface area contributed by atoms with Crippen LogP contribution in [-0.2, 0) is 9.59 Å². The number of ether oxygens (including phenoxy) is 4. The third-order valence-corrected chi connectivity index (χ3v) is 11.2. The Balaban J connectivity index is 1.33. The number of amides is 6. The summed E-state index contributed by atoms with van der Waals surface area (Å²) in [6.45, 7) is 3.33. The fourth-order valence-electron chi connectivity index (χ4n) is 7.97. The molecule has 0 unspecified atom stereocenters. The molecule has 8 rings (SSSR count). The molecule has 14 nitrogen and oxygen atoms in total. The number of Topliss-reactive ketones (excluding diaryl/α,β-unsaturated/α-hetero) is 2. The lowest BCUT2D eigenvalue weighted by atomic mass is 9.78. The van der Waals surface area contributed by atoms with Gasteiger partial charge < -0.3 is 28.7 Å². The number of hydrogen-bond acceptors (Lipinski definition) is 10. The largest absolute Gasteiger partial charge is 0.454 e. The van der Waals surface area contributed by atoms with E-state index in [1.165, 1.54) is 60.3 Å². The molecule has 2 saturated heterocycles. The Labute approximate surface area is 322 Å². The van der Waals surface area contributed by atoms with Crippen LogP contribution in [0, 0.1) is 11.8 Å². The fraction of sp³-hybridized carbons (Fsp3) is 0.286. The van der Waals surface area contributed by atoms with Crippen molar-refractivity contribution in [2.45, 2.75) is 38.0 Å². The van der Waals surface area contributed by atoms with Crippen LogP contribution >= 0.6 is 0 Å². The van der Waals surface area contributed by atoms with Gasteiger partial charge in [0.05, 0.1) is 24.2 Å². The van der Waals surface area contributed by atoms with Crippen LogP contribution < -0.4 is 18.9 Å². The number of hydrogen-bond donors (Lipinski definition) is 0. The number of likely N-dealkylation sites (N-methyl/N-ethyl adjacent to an activating group) is 2. The Morgan fingerprint density at radius 1 is 0.536 bits per heavy atom. The minimum Gasteiger partial charge on any atom is -0.454 e. The van der Waals surface area contributed by atoms with Crippen LogP contribution in [0.3, 0.4) is 0 Å². The molecule has 6 atom stereocenters. The van der Waals surface area contributed by atoms with Crippen LogP contribution in [0.25, 0.3) is 0 Å². The molecule has 0 aromatic heterocycles. The van der Waals surface area contributed by atoms with Gasteiger partial charge in [0, 0.05) is 25.2 Å². The number of carbonyl (C=O) groups is 6. The topological polar surface area (TPSA) is 152 Å². The van der Waals surface area contributed by atoms with E-state index < -0.39 is 71.4 Å². The summed E-state index contributed by atoms with van der Waals surface area (Å²) in [5, 5.41) is 0. The monoisotopic (exact) mass is 758 g/mol. The van der Waals surface area contributed by atoms with Gasteiger partial charge in [-0.05, 0) is 61.4 Å². The van der Waals surface area contributed by atoms with Gasteiger partial charge in [-0.25, -0.2) is 9.59 Å². The Hall–Kier alpha value is -6.70. The summed E-state index contributed by atoms with van der Waals surface area (Å²) in [5.74, 6) is -7.18. The maximum atomic E-state index is 15.5. The maximum absolute atomic E-state index is 15.5. The first kappa shape index (κ1) is 36.3. The van der Waals surface area contributed by atoms with Crippen LogP contribution in [0.5, 0.6) is 23.0 Å². The van der Waals surface area contributed by atoms with Crippen LogP contribution in [0.15, 0.2) is 97.1 Å². The Kier molecular flexibility index (Phi) is 9.19. The van der Waals surface area contributed by atoms with Crippen molar-refractivity contribution in [1.82, 2.24) is 19.6 Å². The molecule has 4 aliphatic rings. The van der Waals surface area contributed by atoms with Crippen LogP contribution in [0.4, 0.5) is 9.59 Å². The smallest absolute Gasteiger partial charge is 0.327 e. The van der Waals surface area contributed by atoms with Gasteiger partial charge in [-0.15, -0.1) is 0 Å². The zero-order valence-electron chi connectivity index (χ0n) is 31.0. The lowest BCUT2D eigenvalue weighted by molar-refractivity contribution is -0.141. The minimum atomic E-state index is -2.14. The fourth-order valence-corrected chi connectivity index (χ4v) is 7.97. The van der Waals surface area contributed by atoms with Crippen LogP contribution in [0.1, 0.15) is 57.8 Å². The molecule has 0 bridgehead atoms. The van der Waals surface area contributed by atoms with E-state index in [1.807, 2.05) is 0 Å². The van der Waals surface area contributed by atoms with Crippen molar-refractivity contribution in [1.29, 1.82) is 0 Å². The number of carbonyl (C=O) groups excluding carboxylic acids is 6. The van der Waals surface area contributed by atoms with Gasteiger partial charge >= 0.3 is 12.1 Å². The molecule has 0 spiro atoms. The first-order valence-corrected chi connectivity index (χ1v) is 18.1. The average molecular weight is 759 g/mol. The van der Waals surface area contributed by atoms with E-state index in [0.29, 0.717) is 22.6 Å². The van der Waals surface area contributed by atoms with Crippen molar-refractivity contribution in [3.63, 3.8) is 0 Å². The highest BCUT2D eigenvalue weighted by atomic mass is 16.7. The van der Waals surface area contributed by atoms with Crippen molar-refractivity contribution in [3.05, 3.63) is 119 Å². The third-order valence-electron chi connectivity index (χ3n) is 11.2.